The molecule has 28 heavy (non-hydrogen) atoms. The van der Waals surface area contributed by atoms with Crippen molar-refractivity contribution in [3.8, 4) is 5.75 Å². The number of aryl methyl sites for hydroxylation is 2. The molecule has 5 nitrogen and oxygen atoms in total. The van der Waals surface area contributed by atoms with Crippen LogP contribution in [-0.2, 0) is 22.6 Å². The fraction of sp³-hybridized carbons (Fsp3) is 0.348. The Labute approximate surface area is 164 Å². The average Bonchev–Trinajstić information content (AvgIpc) is 3.34. The molecular weight excluding hydrogens is 354 g/mol. The van der Waals surface area contributed by atoms with E-state index in [1.807, 2.05) is 24.3 Å². The summed E-state index contributed by atoms with van der Waals surface area (Å²) in [7, 11) is 0. The molecule has 0 amide bonds. The second kappa shape index (κ2) is 8.07. The van der Waals surface area contributed by atoms with Crippen molar-refractivity contribution >= 4 is 16.9 Å². The van der Waals surface area contributed by atoms with E-state index in [9.17, 15) is 4.79 Å². The number of nitrogens with one attached hydrogen (secondary N) is 1. The van der Waals surface area contributed by atoms with Gasteiger partial charge in [-0.05, 0) is 60.7 Å². The van der Waals surface area contributed by atoms with Crippen LogP contribution < -0.4 is 4.74 Å². The zero-order valence-corrected chi connectivity index (χ0v) is 16.0. The summed E-state index contributed by atoms with van der Waals surface area (Å²) >= 11 is 0. The van der Waals surface area contributed by atoms with Crippen molar-refractivity contribution in [2.75, 3.05) is 13.2 Å². The minimum absolute atomic E-state index is 0.124. The van der Waals surface area contributed by atoms with E-state index in [0.29, 0.717) is 18.9 Å². The smallest absolute Gasteiger partial charge is 0.303 e. The lowest BCUT2D eigenvalue weighted by Crippen LogP contribution is -2.02. The van der Waals surface area contributed by atoms with Gasteiger partial charge in [-0.25, -0.2) is 0 Å². The molecule has 1 unspecified atom stereocenters. The number of ether oxygens (including phenoxy) is 2. The Morgan fingerprint density at radius 3 is 2.89 bits per heavy atom. The van der Waals surface area contributed by atoms with Crippen molar-refractivity contribution in [3.63, 3.8) is 0 Å². The maximum absolute atomic E-state index is 10.7. The second-order valence-electron chi connectivity index (χ2n) is 7.48. The highest BCUT2D eigenvalue weighted by atomic mass is 16.5. The molecule has 0 bridgehead atoms. The van der Waals surface area contributed by atoms with Gasteiger partial charge >= 0.3 is 5.97 Å². The number of hydrogen-bond donors (Lipinski definition) is 2. The van der Waals surface area contributed by atoms with Crippen molar-refractivity contribution in [2.45, 2.75) is 38.7 Å². The van der Waals surface area contributed by atoms with Crippen LogP contribution in [0.25, 0.3) is 10.9 Å². The first kappa shape index (κ1) is 18.6. The van der Waals surface area contributed by atoms with Crippen molar-refractivity contribution < 1.29 is 19.4 Å². The number of fused-ring (bicyclic) bond motifs is 1. The fourth-order valence-electron chi connectivity index (χ4n) is 3.87. The number of aliphatic carboxylic acids is 1. The number of carboxylic acids is 1. The van der Waals surface area contributed by atoms with Gasteiger partial charge in [-0.2, -0.15) is 0 Å². The molecule has 0 spiro atoms. The van der Waals surface area contributed by atoms with Crippen LogP contribution in [0.2, 0.25) is 0 Å². The first-order valence-electron chi connectivity index (χ1n) is 9.72. The van der Waals surface area contributed by atoms with E-state index in [0.717, 1.165) is 47.5 Å². The maximum Gasteiger partial charge on any atom is 0.303 e. The van der Waals surface area contributed by atoms with Crippen LogP contribution in [0.1, 0.15) is 41.1 Å². The van der Waals surface area contributed by atoms with Crippen molar-refractivity contribution in [2.24, 2.45) is 0 Å². The van der Waals surface area contributed by atoms with Gasteiger partial charge in [0.25, 0.3) is 0 Å². The molecule has 4 rings (SSSR count). The number of carbonyl (C=O) groups is 1. The number of hydrogen-bond acceptors (Lipinski definition) is 3. The Morgan fingerprint density at radius 1 is 1.25 bits per heavy atom. The van der Waals surface area contributed by atoms with E-state index in [1.54, 1.807) is 0 Å². The highest BCUT2D eigenvalue weighted by Gasteiger charge is 2.19. The minimum atomic E-state index is -0.788. The predicted octanol–water partition coefficient (Wildman–Crippen LogP) is 4.58. The van der Waals surface area contributed by atoms with E-state index in [-0.39, 0.29) is 6.42 Å². The summed E-state index contributed by atoms with van der Waals surface area (Å²) in [5.74, 6) is 0.535. The van der Waals surface area contributed by atoms with Gasteiger partial charge in [0, 0.05) is 29.1 Å². The number of aromatic nitrogens is 1. The zero-order valence-electron chi connectivity index (χ0n) is 16.0. The number of rotatable bonds is 7. The molecular formula is C23H25NO4. The molecule has 0 radical (unpaired) electrons. The molecule has 0 saturated carbocycles. The minimum Gasteiger partial charge on any atom is -0.489 e. The molecule has 1 atom stereocenters. The topological polar surface area (TPSA) is 71.6 Å². The number of carboxylic acid groups (broad SMARTS) is 1. The zero-order chi connectivity index (χ0) is 19.5. The quantitative estimate of drug-likeness (QED) is 0.630. The number of H-pyrrole nitrogens is 1. The summed E-state index contributed by atoms with van der Waals surface area (Å²) in [5, 5.41) is 9.86. The lowest BCUT2D eigenvalue weighted by Gasteiger charge is -2.14. The summed E-state index contributed by atoms with van der Waals surface area (Å²) in [4.78, 5) is 14.0. The summed E-state index contributed by atoms with van der Waals surface area (Å²) in [6, 6.07) is 14.4. The summed E-state index contributed by atoms with van der Waals surface area (Å²) in [5.41, 5.74) is 5.74. The summed E-state index contributed by atoms with van der Waals surface area (Å²) in [6.45, 7) is 4.35. The van der Waals surface area contributed by atoms with E-state index in [2.05, 4.69) is 30.1 Å². The molecule has 1 aromatic heterocycles. The lowest BCUT2D eigenvalue weighted by molar-refractivity contribution is -0.136. The summed E-state index contributed by atoms with van der Waals surface area (Å²) < 4.78 is 11.5. The van der Waals surface area contributed by atoms with Gasteiger partial charge in [0.2, 0.25) is 0 Å². The van der Waals surface area contributed by atoms with Crippen LogP contribution in [0.3, 0.4) is 0 Å². The first-order valence-corrected chi connectivity index (χ1v) is 9.72. The van der Waals surface area contributed by atoms with Crippen LogP contribution in [0, 0.1) is 6.92 Å². The second-order valence-corrected chi connectivity index (χ2v) is 7.48. The van der Waals surface area contributed by atoms with Gasteiger partial charge in [-0.1, -0.05) is 18.2 Å². The van der Waals surface area contributed by atoms with Gasteiger partial charge in [0.15, 0.2) is 0 Å². The molecule has 1 aliphatic heterocycles. The van der Waals surface area contributed by atoms with Gasteiger partial charge in [0.1, 0.15) is 12.4 Å². The van der Waals surface area contributed by atoms with Crippen LogP contribution in [0.15, 0.2) is 42.5 Å². The third-order valence-electron chi connectivity index (χ3n) is 5.37. The third kappa shape index (κ3) is 4.20. The first-order chi connectivity index (χ1) is 13.6. The molecule has 3 aromatic rings. The van der Waals surface area contributed by atoms with Gasteiger partial charge in [0.05, 0.1) is 13.0 Å². The van der Waals surface area contributed by atoms with Crippen LogP contribution in [0.5, 0.6) is 5.75 Å². The van der Waals surface area contributed by atoms with E-state index >= 15 is 0 Å². The van der Waals surface area contributed by atoms with Crippen molar-refractivity contribution in [1.29, 1.82) is 0 Å². The molecule has 1 fully saturated rings. The molecule has 2 heterocycles. The van der Waals surface area contributed by atoms with Gasteiger partial charge < -0.3 is 19.6 Å². The van der Waals surface area contributed by atoms with E-state index in [4.69, 9.17) is 14.6 Å². The Hall–Kier alpha value is -2.79. The highest BCUT2D eigenvalue weighted by Crippen LogP contribution is 2.29. The molecule has 146 valence electrons. The Morgan fingerprint density at radius 2 is 2.14 bits per heavy atom. The van der Waals surface area contributed by atoms with Gasteiger partial charge in [-0.15, -0.1) is 0 Å². The lowest BCUT2D eigenvalue weighted by atomic mass is 9.93. The van der Waals surface area contributed by atoms with Crippen molar-refractivity contribution in [3.05, 3.63) is 64.8 Å². The normalized spacial score (nSPS) is 16.5. The fourth-order valence-corrected chi connectivity index (χ4v) is 3.87. The van der Waals surface area contributed by atoms with Gasteiger partial charge in [-0.3, -0.25) is 4.79 Å². The molecule has 1 saturated heterocycles. The monoisotopic (exact) mass is 379 g/mol. The number of aromatic amines is 1. The maximum atomic E-state index is 10.7. The highest BCUT2D eigenvalue weighted by molar-refractivity contribution is 5.82. The largest absolute Gasteiger partial charge is 0.489 e. The Kier molecular flexibility index (Phi) is 5.35. The Balaban J connectivity index is 1.42. The summed E-state index contributed by atoms with van der Waals surface area (Å²) in [6.07, 6.45) is 1.72. The molecule has 2 aromatic carbocycles. The standard InChI is InChI=1S/C23H25NO4/c1-15-10-16(2-5-21(15)17-8-9-27-14-17)13-28-20-4-6-22-18(12-20)11-19(24-22)3-7-23(25)26/h2,4-6,10-12,17,24H,3,7-9,13-14H2,1H3,(H,25,26). The molecule has 1 aliphatic rings. The van der Waals surface area contributed by atoms with Crippen molar-refractivity contribution in [1.82, 2.24) is 4.98 Å². The molecule has 2 N–H and O–H groups in total. The predicted molar refractivity (Wildman–Crippen MR) is 108 cm³/mol. The third-order valence-corrected chi connectivity index (χ3v) is 5.37. The average molecular weight is 379 g/mol. The number of benzene rings is 2. The van der Waals surface area contributed by atoms with Crippen LogP contribution in [0.4, 0.5) is 0 Å². The van der Waals surface area contributed by atoms with E-state index in [1.165, 1.54) is 11.1 Å². The molecule has 0 aliphatic carbocycles. The Bertz CT molecular complexity index is 985. The SMILES string of the molecule is Cc1cc(COc2ccc3[nH]c(CCC(=O)O)cc3c2)ccc1C1CCOC1. The van der Waals surface area contributed by atoms with Crippen LogP contribution >= 0.6 is 0 Å². The van der Waals surface area contributed by atoms with E-state index < -0.39 is 5.97 Å². The molecule has 5 heteroatoms. The van der Waals surface area contributed by atoms with Crippen LogP contribution in [-0.4, -0.2) is 29.3 Å².